The lowest BCUT2D eigenvalue weighted by Crippen LogP contribution is -2.49. The highest BCUT2D eigenvalue weighted by Gasteiger charge is 2.44. The molecule has 23 heavy (non-hydrogen) atoms. The van der Waals surface area contributed by atoms with Gasteiger partial charge < -0.3 is 14.2 Å². The molecule has 0 aliphatic carbocycles. The molecule has 0 aromatic carbocycles. The van der Waals surface area contributed by atoms with Gasteiger partial charge in [0.15, 0.2) is 5.76 Å². The van der Waals surface area contributed by atoms with E-state index in [1.54, 1.807) is 18.9 Å². The van der Waals surface area contributed by atoms with Crippen molar-refractivity contribution in [3.05, 3.63) is 12.0 Å². The van der Waals surface area contributed by atoms with E-state index in [1.165, 1.54) is 10.5 Å². The van der Waals surface area contributed by atoms with E-state index in [1.807, 2.05) is 0 Å². The number of carbonyl (C=O) groups is 1. The Morgan fingerprint density at radius 1 is 1.39 bits per heavy atom. The molecule has 3 aliphatic rings. The maximum absolute atomic E-state index is 12.8. The molecule has 3 aliphatic heterocycles. The summed E-state index contributed by atoms with van der Waals surface area (Å²) in [5.74, 6) is 0.00254. The Balaban J connectivity index is 1.87. The van der Waals surface area contributed by atoms with Crippen molar-refractivity contribution in [2.24, 2.45) is 5.92 Å². The van der Waals surface area contributed by atoms with Crippen LogP contribution in [0, 0.1) is 12.8 Å². The van der Waals surface area contributed by atoms with Crippen molar-refractivity contribution in [3.8, 4) is 0 Å². The summed E-state index contributed by atoms with van der Waals surface area (Å²) in [6, 6.07) is -0.105. The first-order chi connectivity index (χ1) is 10.9. The lowest BCUT2D eigenvalue weighted by Gasteiger charge is -2.35. The monoisotopic (exact) mass is 343 g/mol. The van der Waals surface area contributed by atoms with Crippen molar-refractivity contribution < 1.29 is 22.5 Å². The van der Waals surface area contributed by atoms with Crippen LogP contribution >= 0.6 is 0 Å². The molecule has 1 aromatic heterocycles. The SMILES string of the molecule is COCCN1C(=O)[C@H]2CC[C@@H]1CN(S(=O)(=O)c1cnoc1C)C2. The molecule has 1 aromatic rings. The van der Waals surface area contributed by atoms with Gasteiger partial charge in [-0.1, -0.05) is 5.16 Å². The molecule has 1 amide bonds. The molecule has 0 spiro atoms. The Kier molecular flexibility index (Phi) is 4.43. The minimum atomic E-state index is -3.70. The topological polar surface area (TPSA) is 93.0 Å². The van der Waals surface area contributed by atoms with Crippen LogP contribution in [0.5, 0.6) is 0 Å². The molecule has 3 fully saturated rings. The Labute approximate surface area is 135 Å². The third kappa shape index (κ3) is 2.88. The van der Waals surface area contributed by atoms with Crippen LogP contribution in [0.4, 0.5) is 0 Å². The summed E-state index contributed by atoms with van der Waals surface area (Å²) >= 11 is 0. The average molecular weight is 343 g/mol. The summed E-state index contributed by atoms with van der Waals surface area (Å²) in [5.41, 5.74) is 0. The predicted molar refractivity (Wildman–Crippen MR) is 80.1 cm³/mol. The van der Waals surface area contributed by atoms with Crippen molar-refractivity contribution in [1.82, 2.24) is 14.4 Å². The highest BCUT2D eigenvalue weighted by Crippen LogP contribution is 2.32. The number of methoxy groups -OCH3 is 1. The number of carbonyl (C=O) groups excluding carboxylic acids is 1. The zero-order valence-electron chi connectivity index (χ0n) is 13.3. The summed E-state index contributed by atoms with van der Waals surface area (Å²) in [7, 11) is -2.11. The largest absolute Gasteiger partial charge is 0.383 e. The number of hydrogen-bond donors (Lipinski definition) is 0. The van der Waals surface area contributed by atoms with Crippen molar-refractivity contribution >= 4 is 15.9 Å². The fraction of sp³-hybridized carbons (Fsp3) is 0.714. The molecule has 4 rings (SSSR count). The number of aryl methyl sites for hydroxylation is 1. The first-order valence-corrected chi connectivity index (χ1v) is 9.10. The predicted octanol–water partition coefficient (Wildman–Crippen LogP) is 0.241. The molecule has 0 N–H and O–H groups in total. The van der Waals surface area contributed by atoms with Crippen LogP contribution in [0.2, 0.25) is 0 Å². The molecule has 4 heterocycles. The van der Waals surface area contributed by atoms with E-state index in [-0.39, 0.29) is 35.1 Å². The van der Waals surface area contributed by atoms with Gasteiger partial charge in [-0.25, -0.2) is 8.42 Å². The van der Waals surface area contributed by atoms with E-state index >= 15 is 0 Å². The first-order valence-electron chi connectivity index (χ1n) is 7.66. The maximum atomic E-state index is 12.8. The second-order valence-electron chi connectivity index (χ2n) is 6.02. The van der Waals surface area contributed by atoms with Gasteiger partial charge in [-0.05, 0) is 19.8 Å². The van der Waals surface area contributed by atoms with Gasteiger partial charge in [-0.2, -0.15) is 4.31 Å². The van der Waals surface area contributed by atoms with Crippen LogP contribution in [-0.2, 0) is 19.6 Å². The van der Waals surface area contributed by atoms with Crippen LogP contribution in [-0.4, -0.2) is 68.1 Å². The standard InChI is InChI=1S/C14H21N3O5S/c1-10-13(7-15-22-10)23(19,20)16-8-11-3-4-12(9-16)17(14(11)18)5-6-21-2/h7,11-12H,3-6,8-9H2,1-2H3/t11-,12+/m0/s1. The molecular weight excluding hydrogens is 322 g/mol. The molecule has 0 saturated carbocycles. The van der Waals surface area contributed by atoms with Gasteiger partial charge in [0.1, 0.15) is 4.90 Å². The number of nitrogens with zero attached hydrogens (tertiary/aromatic N) is 3. The highest BCUT2D eigenvalue weighted by atomic mass is 32.2. The molecule has 2 bridgehead atoms. The fourth-order valence-corrected chi connectivity index (χ4v) is 4.96. The van der Waals surface area contributed by atoms with E-state index in [0.717, 1.165) is 12.8 Å². The quantitative estimate of drug-likeness (QED) is 0.760. The zero-order valence-corrected chi connectivity index (χ0v) is 14.1. The first kappa shape index (κ1) is 16.4. The molecule has 8 nitrogen and oxygen atoms in total. The lowest BCUT2D eigenvalue weighted by molar-refractivity contribution is -0.140. The van der Waals surface area contributed by atoms with Gasteiger partial charge in [0, 0.05) is 32.8 Å². The van der Waals surface area contributed by atoms with E-state index in [4.69, 9.17) is 9.26 Å². The third-order valence-corrected chi connectivity index (χ3v) is 6.55. The van der Waals surface area contributed by atoms with Gasteiger partial charge >= 0.3 is 0 Å². The number of rotatable bonds is 5. The van der Waals surface area contributed by atoms with Crippen LogP contribution in [0.15, 0.2) is 15.6 Å². The third-order valence-electron chi connectivity index (χ3n) is 4.62. The van der Waals surface area contributed by atoms with E-state index in [2.05, 4.69) is 5.16 Å². The van der Waals surface area contributed by atoms with Crippen LogP contribution in [0.25, 0.3) is 0 Å². The van der Waals surface area contributed by atoms with Gasteiger partial charge in [0.05, 0.1) is 18.7 Å². The summed E-state index contributed by atoms with van der Waals surface area (Å²) in [6.07, 6.45) is 2.76. The second kappa shape index (κ2) is 6.21. The van der Waals surface area contributed by atoms with Gasteiger partial charge in [0.2, 0.25) is 15.9 Å². The highest BCUT2D eigenvalue weighted by molar-refractivity contribution is 7.89. The van der Waals surface area contributed by atoms with Crippen LogP contribution < -0.4 is 0 Å². The molecule has 9 heteroatoms. The van der Waals surface area contributed by atoms with Crippen molar-refractivity contribution in [2.75, 3.05) is 33.4 Å². The zero-order chi connectivity index (χ0) is 16.6. The number of amides is 1. The van der Waals surface area contributed by atoms with Crippen molar-refractivity contribution in [2.45, 2.75) is 30.7 Å². The minimum Gasteiger partial charge on any atom is -0.383 e. The van der Waals surface area contributed by atoms with Crippen molar-refractivity contribution in [1.29, 1.82) is 0 Å². The summed E-state index contributed by atoms with van der Waals surface area (Å²) in [4.78, 5) is 14.4. The maximum Gasteiger partial charge on any atom is 0.248 e. The number of aromatic nitrogens is 1. The molecule has 3 saturated heterocycles. The fourth-order valence-electron chi connectivity index (χ4n) is 3.36. The molecule has 2 atom stereocenters. The average Bonchev–Trinajstić information content (AvgIpc) is 2.77. The lowest BCUT2D eigenvalue weighted by atomic mass is 9.94. The minimum absolute atomic E-state index is 0.0260. The molecule has 128 valence electrons. The molecule has 0 unspecified atom stereocenters. The van der Waals surface area contributed by atoms with Crippen LogP contribution in [0.1, 0.15) is 18.6 Å². The number of sulfonamides is 1. The Morgan fingerprint density at radius 3 is 2.83 bits per heavy atom. The number of hydrogen-bond acceptors (Lipinski definition) is 6. The van der Waals surface area contributed by atoms with Crippen LogP contribution in [0.3, 0.4) is 0 Å². The number of piperidine rings is 1. The number of ether oxygens (including phenoxy) is 1. The Morgan fingerprint density at radius 2 is 2.17 bits per heavy atom. The smallest absolute Gasteiger partial charge is 0.248 e. The van der Waals surface area contributed by atoms with E-state index in [0.29, 0.717) is 19.7 Å². The Hall–Kier alpha value is -1.45. The summed E-state index contributed by atoms with van der Waals surface area (Å²) in [6.45, 7) is 3.04. The molecule has 0 radical (unpaired) electrons. The van der Waals surface area contributed by atoms with Gasteiger partial charge in [-0.3, -0.25) is 4.79 Å². The summed E-state index contributed by atoms with van der Waals surface area (Å²) in [5, 5.41) is 3.56. The number of fused-ring (bicyclic) bond motifs is 4. The van der Waals surface area contributed by atoms with E-state index in [9.17, 15) is 13.2 Å². The molecular formula is C14H21N3O5S. The second-order valence-corrected chi connectivity index (χ2v) is 7.93. The van der Waals surface area contributed by atoms with Gasteiger partial charge in [-0.15, -0.1) is 0 Å². The normalized spacial score (nSPS) is 25.8. The van der Waals surface area contributed by atoms with Crippen molar-refractivity contribution in [3.63, 3.8) is 0 Å². The Bertz CT molecular complexity index is 686. The van der Waals surface area contributed by atoms with E-state index < -0.39 is 10.0 Å². The van der Waals surface area contributed by atoms with Gasteiger partial charge in [0.25, 0.3) is 0 Å². The summed E-state index contributed by atoms with van der Waals surface area (Å²) < 4.78 is 37.0.